The minimum atomic E-state index is -0.575. The van der Waals surface area contributed by atoms with Crippen molar-refractivity contribution < 1.29 is 23.8 Å². The standard InChI is InChI=1S/C25H24O5/c1-4-28-25(27)16-23(26)22-15-21(29-19-9-5-17(2)6-10-19)13-14-24(22)30-20-11-7-18(3)8-12-20/h5-15H,4,16H2,1-3H3. The lowest BCUT2D eigenvalue weighted by molar-refractivity contribution is -0.141. The van der Waals surface area contributed by atoms with E-state index in [-0.39, 0.29) is 18.6 Å². The maximum absolute atomic E-state index is 12.8. The summed E-state index contributed by atoms with van der Waals surface area (Å²) in [5.74, 6) is 1.10. The molecular formula is C25H24O5. The monoisotopic (exact) mass is 404 g/mol. The minimum Gasteiger partial charge on any atom is -0.466 e. The maximum Gasteiger partial charge on any atom is 0.313 e. The largest absolute Gasteiger partial charge is 0.466 e. The van der Waals surface area contributed by atoms with Crippen molar-refractivity contribution in [3.8, 4) is 23.0 Å². The summed E-state index contributed by atoms with van der Waals surface area (Å²) in [4.78, 5) is 24.6. The van der Waals surface area contributed by atoms with Gasteiger partial charge in [0.25, 0.3) is 0 Å². The number of Topliss-reactive ketones (excluding diaryl/α,β-unsaturated/α-hetero) is 1. The molecule has 0 fully saturated rings. The van der Waals surface area contributed by atoms with Crippen molar-refractivity contribution in [3.05, 3.63) is 83.4 Å². The number of hydrogen-bond acceptors (Lipinski definition) is 5. The van der Waals surface area contributed by atoms with Gasteiger partial charge < -0.3 is 14.2 Å². The molecule has 3 aromatic carbocycles. The highest BCUT2D eigenvalue weighted by molar-refractivity contribution is 6.07. The lowest BCUT2D eigenvalue weighted by Gasteiger charge is -2.13. The quantitative estimate of drug-likeness (QED) is 0.261. The van der Waals surface area contributed by atoms with Gasteiger partial charge in [0.15, 0.2) is 5.78 Å². The normalized spacial score (nSPS) is 10.4. The Hall–Kier alpha value is -3.60. The molecule has 30 heavy (non-hydrogen) atoms. The second kappa shape index (κ2) is 9.74. The molecule has 0 aliphatic rings. The molecule has 3 rings (SSSR count). The Kier molecular flexibility index (Phi) is 6.86. The predicted octanol–water partition coefficient (Wildman–Crippen LogP) is 6.02. The number of ketones is 1. The van der Waals surface area contributed by atoms with Gasteiger partial charge in [0.1, 0.15) is 29.4 Å². The first kappa shape index (κ1) is 21.1. The topological polar surface area (TPSA) is 61.8 Å². The Morgan fingerprint density at radius 1 is 0.733 bits per heavy atom. The van der Waals surface area contributed by atoms with Gasteiger partial charge in [-0.3, -0.25) is 9.59 Å². The Morgan fingerprint density at radius 3 is 1.83 bits per heavy atom. The van der Waals surface area contributed by atoms with Crippen LogP contribution in [-0.2, 0) is 9.53 Å². The van der Waals surface area contributed by atoms with E-state index in [1.807, 2.05) is 62.4 Å². The Balaban J connectivity index is 1.89. The molecule has 0 unspecified atom stereocenters. The average molecular weight is 404 g/mol. The lowest BCUT2D eigenvalue weighted by atomic mass is 10.1. The lowest BCUT2D eigenvalue weighted by Crippen LogP contribution is -2.12. The summed E-state index contributed by atoms with van der Waals surface area (Å²) >= 11 is 0. The molecule has 0 bridgehead atoms. The summed E-state index contributed by atoms with van der Waals surface area (Å²) in [5, 5.41) is 0. The number of carbonyl (C=O) groups is 2. The first-order valence-electron chi connectivity index (χ1n) is 9.76. The van der Waals surface area contributed by atoms with Crippen LogP contribution in [0.5, 0.6) is 23.0 Å². The summed E-state index contributed by atoms with van der Waals surface area (Å²) < 4.78 is 16.7. The molecule has 0 radical (unpaired) electrons. The highest BCUT2D eigenvalue weighted by Crippen LogP contribution is 2.32. The van der Waals surface area contributed by atoms with Gasteiger partial charge in [-0.2, -0.15) is 0 Å². The average Bonchev–Trinajstić information content (AvgIpc) is 2.72. The van der Waals surface area contributed by atoms with Gasteiger partial charge in [-0.15, -0.1) is 0 Å². The number of benzene rings is 3. The van der Waals surface area contributed by atoms with Gasteiger partial charge >= 0.3 is 5.97 Å². The van der Waals surface area contributed by atoms with Crippen molar-refractivity contribution in [2.75, 3.05) is 6.61 Å². The van der Waals surface area contributed by atoms with Crippen LogP contribution in [0.25, 0.3) is 0 Å². The first-order chi connectivity index (χ1) is 14.4. The number of carbonyl (C=O) groups excluding carboxylic acids is 2. The van der Waals surface area contributed by atoms with Crippen molar-refractivity contribution in [1.29, 1.82) is 0 Å². The van der Waals surface area contributed by atoms with Gasteiger partial charge in [-0.25, -0.2) is 0 Å². The van der Waals surface area contributed by atoms with Crippen molar-refractivity contribution in [2.45, 2.75) is 27.2 Å². The van der Waals surface area contributed by atoms with Crippen LogP contribution >= 0.6 is 0 Å². The van der Waals surface area contributed by atoms with Gasteiger partial charge in [-0.05, 0) is 63.2 Å². The summed E-state index contributed by atoms with van der Waals surface area (Å²) in [6.07, 6.45) is -0.369. The van der Waals surface area contributed by atoms with Crippen molar-refractivity contribution in [3.63, 3.8) is 0 Å². The fraction of sp³-hybridized carbons (Fsp3) is 0.200. The molecule has 0 aliphatic heterocycles. The Morgan fingerprint density at radius 2 is 1.27 bits per heavy atom. The SMILES string of the molecule is CCOC(=O)CC(=O)c1cc(Oc2ccc(C)cc2)ccc1Oc1ccc(C)cc1. The number of ether oxygens (including phenoxy) is 3. The van der Waals surface area contributed by atoms with Gasteiger partial charge in [0.2, 0.25) is 0 Å². The van der Waals surface area contributed by atoms with E-state index >= 15 is 0 Å². The van der Waals surface area contributed by atoms with Gasteiger partial charge in [-0.1, -0.05) is 35.4 Å². The fourth-order valence-corrected chi connectivity index (χ4v) is 2.79. The summed E-state index contributed by atoms with van der Waals surface area (Å²) in [7, 11) is 0. The number of aryl methyl sites for hydroxylation is 2. The van der Waals surface area contributed by atoms with Gasteiger partial charge in [0, 0.05) is 0 Å². The van der Waals surface area contributed by atoms with E-state index < -0.39 is 11.8 Å². The molecule has 0 spiro atoms. The molecule has 5 nitrogen and oxygen atoms in total. The zero-order chi connectivity index (χ0) is 21.5. The molecule has 5 heteroatoms. The summed E-state index contributed by atoms with van der Waals surface area (Å²) in [6, 6.07) is 20.1. The molecule has 3 aromatic rings. The van der Waals surface area contributed by atoms with Crippen molar-refractivity contribution in [2.24, 2.45) is 0 Å². The minimum absolute atomic E-state index is 0.218. The maximum atomic E-state index is 12.8. The van der Waals surface area contributed by atoms with E-state index in [9.17, 15) is 9.59 Å². The van der Waals surface area contributed by atoms with Crippen LogP contribution in [0.3, 0.4) is 0 Å². The van der Waals surface area contributed by atoms with Crippen molar-refractivity contribution in [1.82, 2.24) is 0 Å². The van der Waals surface area contributed by atoms with Crippen LogP contribution < -0.4 is 9.47 Å². The zero-order valence-electron chi connectivity index (χ0n) is 17.3. The molecule has 0 atom stereocenters. The van der Waals surface area contributed by atoms with E-state index in [1.165, 1.54) is 0 Å². The van der Waals surface area contributed by atoms with E-state index in [1.54, 1.807) is 25.1 Å². The summed E-state index contributed by atoms with van der Waals surface area (Å²) in [5.41, 5.74) is 2.48. The summed E-state index contributed by atoms with van der Waals surface area (Å²) in [6.45, 7) is 5.89. The van der Waals surface area contributed by atoms with Crippen LogP contribution in [0.4, 0.5) is 0 Å². The van der Waals surface area contributed by atoms with E-state index in [0.29, 0.717) is 23.0 Å². The molecule has 0 aromatic heterocycles. The molecular weight excluding hydrogens is 380 g/mol. The van der Waals surface area contributed by atoms with Crippen LogP contribution in [0.15, 0.2) is 66.7 Å². The first-order valence-corrected chi connectivity index (χ1v) is 9.76. The number of hydrogen-bond donors (Lipinski definition) is 0. The third-order valence-corrected chi connectivity index (χ3v) is 4.37. The highest BCUT2D eigenvalue weighted by atomic mass is 16.5. The molecule has 0 amide bonds. The van der Waals surface area contributed by atoms with Crippen LogP contribution in [0, 0.1) is 13.8 Å². The molecule has 0 saturated carbocycles. The van der Waals surface area contributed by atoms with E-state index in [2.05, 4.69) is 0 Å². The van der Waals surface area contributed by atoms with E-state index in [4.69, 9.17) is 14.2 Å². The molecule has 154 valence electrons. The predicted molar refractivity (Wildman–Crippen MR) is 115 cm³/mol. The number of rotatable bonds is 8. The van der Waals surface area contributed by atoms with Crippen LogP contribution in [0.1, 0.15) is 34.8 Å². The molecule has 0 N–H and O–H groups in total. The second-order valence-corrected chi connectivity index (χ2v) is 6.89. The zero-order valence-corrected chi connectivity index (χ0v) is 17.3. The second-order valence-electron chi connectivity index (χ2n) is 6.89. The number of esters is 1. The van der Waals surface area contributed by atoms with Crippen LogP contribution in [-0.4, -0.2) is 18.4 Å². The van der Waals surface area contributed by atoms with Crippen LogP contribution in [0.2, 0.25) is 0 Å². The smallest absolute Gasteiger partial charge is 0.313 e. The van der Waals surface area contributed by atoms with E-state index in [0.717, 1.165) is 11.1 Å². The fourth-order valence-electron chi connectivity index (χ4n) is 2.79. The Bertz CT molecular complexity index is 1020. The Labute approximate surface area is 176 Å². The third-order valence-electron chi connectivity index (χ3n) is 4.37. The molecule has 0 heterocycles. The molecule has 0 aliphatic carbocycles. The molecule has 0 saturated heterocycles. The highest BCUT2D eigenvalue weighted by Gasteiger charge is 2.19. The van der Waals surface area contributed by atoms with Gasteiger partial charge in [0.05, 0.1) is 12.2 Å². The van der Waals surface area contributed by atoms with Crippen molar-refractivity contribution >= 4 is 11.8 Å². The third kappa shape index (κ3) is 5.70.